The molecular weight excluding hydrogens is 400 g/mol. The molecule has 7 heteroatoms. The van der Waals surface area contributed by atoms with Gasteiger partial charge in [-0.1, -0.05) is 37.5 Å². The fraction of sp³-hybridized carbons (Fsp3) is 0.417. The van der Waals surface area contributed by atoms with Crippen LogP contribution in [0.1, 0.15) is 67.3 Å². The number of carbonyl (C=O) groups excluding carboxylic acids is 1. The molecule has 1 aliphatic carbocycles. The van der Waals surface area contributed by atoms with Crippen LogP contribution in [0.5, 0.6) is 0 Å². The maximum Gasteiger partial charge on any atom is 0.351 e. The van der Waals surface area contributed by atoms with Crippen LogP contribution in [0.15, 0.2) is 39.6 Å². The van der Waals surface area contributed by atoms with E-state index in [1.165, 1.54) is 6.07 Å². The molecule has 0 amide bonds. The Hall–Kier alpha value is -3.22. The van der Waals surface area contributed by atoms with E-state index >= 15 is 0 Å². The minimum atomic E-state index is -1.33. The van der Waals surface area contributed by atoms with Crippen LogP contribution in [0.3, 0.4) is 0 Å². The van der Waals surface area contributed by atoms with Gasteiger partial charge in [0.15, 0.2) is 0 Å². The number of Topliss-reactive ketones (excluding diaryl/α,β-unsaturated/α-hetero) is 1. The zero-order chi connectivity index (χ0) is 22.4. The molecule has 1 aromatic carbocycles. The highest BCUT2D eigenvalue weighted by molar-refractivity contribution is 5.92. The van der Waals surface area contributed by atoms with E-state index in [0.717, 1.165) is 37.7 Å². The maximum absolute atomic E-state index is 12.3. The van der Waals surface area contributed by atoms with Crippen molar-refractivity contribution < 1.29 is 29.0 Å². The average Bonchev–Trinajstić information content (AvgIpc) is 3.07. The Labute approximate surface area is 179 Å². The Kier molecular flexibility index (Phi) is 7.39. The van der Waals surface area contributed by atoms with Crippen LogP contribution in [0, 0.1) is 11.8 Å². The number of rotatable bonds is 10. The molecule has 0 bridgehead atoms. The molecule has 2 atom stereocenters. The molecule has 0 unspecified atom stereocenters. The summed E-state index contributed by atoms with van der Waals surface area (Å²) in [5.41, 5.74) is -0.120. The van der Waals surface area contributed by atoms with Crippen molar-refractivity contribution in [2.45, 2.75) is 51.4 Å². The number of hydrogen-bond acceptors (Lipinski definition) is 5. The van der Waals surface area contributed by atoms with Gasteiger partial charge in [-0.2, -0.15) is 0 Å². The molecule has 1 fully saturated rings. The Balaban J connectivity index is 1.64. The van der Waals surface area contributed by atoms with Crippen molar-refractivity contribution in [2.24, 2.45) is 11.8 Å². The number of unbranched alkanes of at least 4 members (excludes halogenated alkanes) is 3. The molecule has 1 aliphatic rings. The SMILES string of the molecule is O=C(O)CCCCCC[C@@H]1C(=O)CC[C@H]1C=Cc1ccc2oc(=O)c(C(=O)O)cc2c1. The molecule has 164 valence electrons. The number of hydrogen-bond donors (Lipinski definition) is 2. The van der Waals surface area contributed by atoms with E-state index < -0.39 is 23.1 Å². The van der Waals surface area contributed by atoms with Gasteiger partial charge < -0.3 is 14.6 Å². The van der Waals surface area contributed by atoms with Crippen LogP contribution in [-0.2, 0) is 9.59 Å². The topological polar surface area (TPSA) is 122 Å². The van der Waals surface area contributed by atoms with Crippen LogP contribution < -0.4 is 5.63 Å². The molecule has 2 N–H and O–H groups in total. The molecule has 3 rings (SSSR count). The first-order valence-corrected chi connectivity index (χ1v) is 10.6. The number of aliphatic carboxylic acids is 1. The van der Waals surface area contributed by atoms with Crippen molar-refractivity contribution in [1.29, 1.82) is 0 Å². The first kappa shape index (κ1) is 22.5. The van der Waals surface area contributed by atoms with Gasteiger partial charge in [0.1, 0.15) is 16.9 Å². The number of carbonyl (C=O) groups is 3. The lowest BCUT2D eigenvalue weighted by Crippen LogP contribution is -2.13. The number of carboxylic acids is 2. The van der Waals surface area contributed by atoms with Crippen LogP contribution in [0.4, 0.5) is 0 Å². The summed E-state index contributed by atoms with van der Waals surface area (Å²) in [6.45, 7) is 0. The predicted octanol–water partition coefficient (Wildman–Crippen LogP) is 4.52. The quantitative estimate of drug-likeness (QED) is 0.423. The highest BCUT2D eigenvalue weighted by atomic mass is 16.4. The third-order valence-corrected chi connectivity index (χ3v) is 5.83. The van der Waals surface area contributed by atoms with Gasteiger partial charge in [0.2, 0.25) is 0 Å². The van der Waals surface area contributed by atoms with E-state index in [2.05, 4.69) is 0 Å². The van der Waals surface area contributed by atoms with Crippen molar-refractivity contribution in [3.63, 3.8) is 0 Å². The Bertz CT molecular complexity index is 1060. The largest absolute Gasteiger partial charge is 0.481 e. The van der Waals surface area contributed by atoms with E-state index in [-0.39, 0.29) is 24.0 Å². The van der Waals surface area contributed by atoms with Gasteiger partial charge in [-0.05, 0) is 48.9 Å². The average molecular weight is 426 g/mol. The molecule has 1 heterocycles. The Morgan fingerprint density at radius 1 is 1.06 bits per heavy atom. The monoisotopic (exact) mass is 426 g/mol. The second-order valence-electron chi connectivity index (χ2n) is 8.03. The summed E-state index contributed by atoms with van der Waals surface area (Å²) < 4.78 is 5.07. The van der Waals surface area contributed by atoms with Gasteiger partial charge in [0, 0.05) is 24.1 Å². The van der Waals surface area contributed by atoms with E-state index in [0.29, 0.717) is 23.8 Å². The summed E-state index contributed by atoms with van der Waals surface area (Å²) in [6, 6.07) is 6.50. The molecule has 0 aliphatic heterocycles. The molecular formula is C24H26O7. The van der Waals surface area contributed by atoms with Gasteiger partial charge in [0.25, 0.3) is 0 Å². The number of carboxylic acid groups (broad SMARTS) is 2. The van der Waals surface area contributed by atoms with Gasteiger partial charge in [-0.25, -0.2) is 9.59 Å². The lowest BCUT2D eigenvalue weighted by atomic mass is 9.89. The number of fused-ring (bicyclic) bond motifs is 1. The number of benzene rings is 1. The zero-order valence-electron chi connectivity index (χ0n) is 17.2. The molecule has 0 spiro atoms. The summed E-state index contributed by atoms with van der Waals surface area (Å²) >= 11 is 0. The standard InChI is InChI=1S/C24H26O7/c25-20-11-10-16(18(20)5-3-1-2-4-6-22(26)27)9-7-15-8-12-21-17(13-15)14-19(23(28)29)24(30)31-21/h7-9,12-14,16,18H,1-6,10-11H2,(H,26,27)(H,28,29)/t16-,18+/m1/s1. The lowest BCUT2D eigenvalue weighted by molar-refractivity contribution is -0.137. The fourth-order valence-corrected chi connectivity index (χ4v) is 4.16. The molecule has 31 heavy (non-hydrogen) atoms. The maximum atomic E-state index is 12.3. The summed E-state index contributed by atoms with van der Waals surface area (Å²) in [5.74, 6) is -1.66. The Morgan fingerprint density at radius 3 is 2.58 bits per heavy atom. The molecule has 0 radical (unpaired) electrons. The summed E-state index contributed by atoms with van der Waals surface area (Å²) in [6.07, 6.45) is 9.72. The van der Waals surface area contributed by atoms with Gasteiger partial charge in [0.05, 0.1) is 0 Å². The van der Waals surface area contributed by atoms with Crippen LogP contribution in [-0.4, -0.2) is 27.9 Å². The number of ketones is 1. The van der Waals surface area contributed by atoms with Crippen LogP contribution >= 0.6 is 0 Å². The minimum absolute atomic E-state index is 0.00665. The second kappa shape index (κ2) is 10.2. The van der Waals surface area contributed by atoms with Gasteiger partial charge in [-0.3, -0.25) is 9.59 Å². The van der Waals surface area contributed by atoms with Crippen LogP contribution in [0.25, 0.3) is 17.0 Å². The molecule has 7 nitrogen and oxygen atoms in total. The first-order chi connectivity index (χ1) is 14.8. The third kappa shape index (κ3) is 5.90. The highest BCUT2D eigenvalue weighted by Crippen LogP contribution is 2.34. The van der Waals surface area contributed by atoms with Crippen LogP contribution in [0.2, 0.25) is 0 Å². The first-order valence-electron chi connectivity index (χ1n) is 10.6. The Morgan fingerprint density at radius 2 is 1.84 bits per heavy atom. The van der Waals surface area contributed by atoms with Crippen molar-refractivity contribution in [3.05, 3.63) is 51.9 Å². The van der Waals surface area contributed by atoms with Gasteiger partial charge >= 0.3 is 17.6 Å². The highest BCUT2D eigenvalue weighted by Gasteiger charge is 2.32. The molecule has 2 aromatic rings. The lowest BCUT2D eigenvalue weighted by Gasteiger charge is -2.14. The van der Waals surface area contributed by atoms with Crippen molar-refractivity contribution in [3.8, 4) is 0 Å². The molecule has 1 aromatic heterocycles. The zero-order valence-corrected chi connectivity index (χ0v) is 17.2. The number of aromatic carboxylic acids is 1. The number of allylic oxidation sites excluding steroid dienone is 1. The normalized spacial score (nSPS) is 18.8. The fourth-order valence-electron chi connectivity index (χ4n) is 4.16. The minimum Gasteiger partial charge on any atom is -0.481 e. The van der Waals surface area contributed by atoms with Crippen molar-refractivity contribution in [2.75, 3.05) is 0 Å². The summed E-state index contributed by atoms with van der Waals surface area (Å²) in [5, 5.41) is 18.3. The molecule has 1 saturated carbocycles. The third-order valence-electron chi connectivity index (χ3n) is 5.83. The van der Waals surface area contributed by atoms with Gasteiger partial charge in [-0.15, -0.1) is 0 Å². The summed E-state index contributed by atoms with van der Waals surface area (Å²) in [4.78, 5) is 45.7. The summed E-state index contributed by atoms with van der Waals surface area (Å²) in [7, 11) is 0. The smallest absolute Gasteiger partial charge is 0.351 e. The second-order valence-corrected chi connectivity index (χ2v) is 8.03. The van der Waals surface area contributed by atoms with E-state index in [1.807, 2.05) is 12.2 Å². The van der Waals surface area contributed by atoms with E-state index in [4.69, 9.17) is 14.6 Å². The van der Waals surface area contributed by atoms with E-state index in [9.17, 15) is 19.2 Å². The van der Waals surface area contributed by atoms with Crippen molar-refractivity contribution >= 4 is 34.8 Å². The molecule has 0 saturated heterocycles. The predicted molar refractivity (Wildman–Crippen MR) is 115 cm³/mol. The van der Waals surface area contributed by atoms with Crippen molar-refractivity contribution in [1.82, 2.24) is 0 Å². The van der Waals surface area contributed by atoms with E-state index in [1.54, 1.807) is 18.2 Å².